The quantitative estimate of drug-likeness (QED) is 0.782. The molecule has 2 saturated heterocycles. The van der Waals surface area contributed by atoms with Gasteiger partial charge in [-0.3, -0.25) is 9.59 Å². The molecule has 0 unspecified atom stereocenters. The molecule has 1 aromatic carbocycles. The molecule has 0 saturated carbocycles. The van der Waals surface area contributed by atoms with E-state index < -0.39 is 0 Å². The van der Waals surface area contributed by atoms with E-state index in [2.05, 4.69) is 13.8 Å². The average Bonchev–Trinajstić information content (AvgIpc) is 3.07. The van der Waals surface area contributed by atoms with Crippen molar-refractivity contribution in [3.05, 3.63) is 29.8 Å². The van der Waals surface area contributed by atoms with Crippen molar-refractivity contribution in [2.75, 3.05) is 31.1 Å². The van der Waals surface area contributed by atoms with E-state index in [4.69, 9.17) is 4.74 Å². The summed E-state index contributed by atoms with van der Waals surface area (Å²) in [5.41, 5.74) is 1.57. The molecule has 0 bridgehead atoms. The molecule has 26 heavy (non-hydrogen) atoms. The van der Waals surface area contributed by atoms with Gasteiger partial charge in [-0.15, -0.1) is 0 Å². The highest BCUT2D eigenvalue weighted by atomic mass is 16.5. The van der Waals surface area contributed by atoms with Crippen LogP contribution in [-0.4, -0.2) is 49.1 Å². The number of benzene rings is 1. The number of rotatable bonds is 6. The molecule has 2 amide bonds. The molecule has 2 fully saturated rings. The fraction of sp³-hybridized carbons (Fsp3) is 0.619. The topological polar surface area (TPSA) is 49.9 Å². The van der Waals surface area contributed by atoms with Gasteiger partial charge in [0.2, 0.25) is 5.91 Å². The van der Waals surface area contributed by atoms with Crippen LogP contribution in [0.5, 0.6) is 0 Å². The zero-order valence-corrected chi connectivity index (χ0v) is 15.9. The van der Waals surface area contributed by atoms with Crippen LogP contribution in [0.1, 0.15) is 56.3 Å². The van der Waals surface area contributed by atoms with Crippen molar-refractivity contribution in [1.29, 1.82) is 0 Å². The molecule has 0 radical (unpaired) electrons. The Kier molecular flexibility index (Phi) is 6.30. The minimum atomic E-state index is 0.0569. The summed E-state index contributed by atoms with van der Waals surface area (Å²) in [7, 11) is 0. The monoisotopic (exact) mass is 358 g/mol. The summed E-state index contributed by atoms with van der Waals surface area (Å²) >= 11 is 0. The predicted molar refractivity (Wildman–Crippen MR) is 102 cm³/mol. The maximum atomic E-state index is 12.8. The Morgan fingerprint density at radius 3 is 2.65 bits per heavy atom. The minimum absolute atomic E-state index is 0.0569. The summed E-state index contributed by atoms with van der Waals surface area (Å²) in [6.07, 6.45) is 5.02. The first-order valence-electron chi connectivity index (χ1n) is 9.86. The van der Waals surface area contributed by atoms with Gasteiger partial charge in [-0.1, -0.05) is 26.7 Å². The number of hydrogen-bond acceptors (Lipinski definition) is 3. The van der Waals surface area contributed by atoms with Crippen molar-refractivity contribution >= 4 is 17.5 Å². The highest BCUT2D eigenvalue weighted by Gasteiger charge is 2.26. The molecule has 0 spiro atoms. The SMILES string of the molecule is CC(C)CCC[C@@H]1CN(C(=O)c2ccc(N3CCCC3=O)cc2)CCO1. The lowest BCUT2D eigenvalue weighted by molar-refractivity contribution is -0.117. The van der Waals surface area contributed by atoms with Gasteiger partial charge in [0, 0.05) is 37.3 Å². The third-order valence-electron chi connectivity index (χ3n) is 5.23. The molecule has 2 aliphatic rings. The summed E-state index contributed by atoms with van der Waals surface area (Å²) < 4.78 is 5.84. The Labute approximate surface area is 156 Å². The fourth-order valence-electron chi connectivity index (χ4n) is 3.72. The first-order valence-corrected chi connectivity index (χ1v) is 9.86. The van der Waals surface area contributed by atoms with E-state index in [9.17, 15) is 9.59 Å². The molecule has 1 aromatic rings. The number of nitrogens with zero attached hydrogens (tertiary/aromatic N) is 2. The molecule has 3 rings (SSSR count). The van der Waals surface area contributed by atoms with Gasteiger partial charge in [-0.05, 0) is 43.0 Å². The van der Waals surface area contributed by atoms with Crippen LogP contribution in [0.25, 0.3) is 0 Å². The van der Waals surface area contributed by atoms with Crippen LogP contribution in [0, 0.1) is 5.92 Å². The fourth-order valence-corrected chi connectivity index (χ4v) is 3.72. The van der Waals surface area contributed by atoms with Crippen LogP contribution in [0.15, 0.2) is 24.3 Å². The summed E-state index contributed by atoms with van der Waals surface area (Å²) in [5, 5.41) is 0. The molecule has 2 aliphatic heterocycles. The molecule has 0 aromatic heterocycles. The largest absolute Gasteiger partial charge is 0.375 e. The zero-order chi connectivity index (χ0) is 18.5. The summed E-state index contributed by atoms with van der Waals surface area (Å²) in [4.78, 5) is 28.4. The van der Waals surface area contributed by atoms with Crippen LogP contribution >= 0.6 is 0 Å². The van der Waals surface area contributed by atoms with Crippen molar-refractivity contribution in [2.45, 2.75) is 52.1 Å². The molecule has 1 atom stereocenters. The van der Waals surface area contributed by atoms with Gasteiger partial charge in [-0.2, -0.15) is 0 Å². The number of anilines is 1. The van der Waals surface area contributed by atoms with Crippen molar-refractivity contribution in [2.24, 2.45) is 5.92 Å². The molecule has 0 aliphatic carbocycles. The Hall–Kier alpha value is -1.88. The van der Waals surface area contributed by atoms with Gasteiger partial charge in [-0.25, -0.2) is 0 Å². The lowest BCUT2D eigenvalue weighted by Gasteiger charge is -2.33. The molecule has 5 nitrogen and oxygen atoms in total. The van der Waals surface area contributed by atoms with Gasteiger partial charge in [0.1, 0.15) is 0 Å². The number of hydrogen-bond donors (Lipinski definition) is 0. The van der Waals surface area contributed by atoms with E-state index in [0.29, 0.717) is 37.6 Å². The smallest absolute Gasteiger partial charge is 0.254 e. The molecular formula is C21H30N2O3. The van der Waals surface area contributed by atoms with Crippen molar-refractivity contribution < 1.29 is 14.3 Å². The van der Waals surface area contributed by atoms with E-state index in [1.54, 1.807) is 4.90 Å². The van der Waals surface area contributed by atoms with Crippen LogP contribution in [0.4, 0.5) is 5.69 Å². The Morgan fingerprint density at radius 1 is 1.23 bits per heavy atom. The standard InChI is InChI=1S/C21H30N2O3/c1-16(2)5-3-6-19-15-22(13-14-26-19)21(25)17-8-10-18(11-9-17)23-12-4-7-20(23)24/h8-11,16,19H,3-7,12-15H2,1-2H3/t19-/m1/s1. The molecule has 0 N–H and O–H groups in total. The average molecular weight is 358 g/mol. The lowest BCUT2D eigenvalue weighted by atomic mass is 10.0. The van der Waals surface area contributed by atoms with E-state index in [0.717, 1.165) is 31.5 Å². The normalized spacial score (nSPS) is 20.9. The van der Waals surface area contributed by atoms with Gasteiger partial charge in [0.15, 0.2) is 0 Å². The van der Waals surface area contributed by atoms with Crippen LogP contribution in [0.3, 0.4) is 0 Å². The molecular weight excluding hydrogens is 328 g/mol. The van der Waals surface area contributed by atoms with Crippen LogP contribution in [0.2, 0.25) is 0 Å². The van der Waals surface area contributed by atoms with E-state index in [1.807, 2.05) is 29.2 Å². The Morgan fingerprint density at radius 2 is 2.00 bits per heavy atom. The van der Waals surface area contributed by atoms with Gasteiger partial charge in [0.25, 0.3) is 5.91 Å². The predicted octanol–water partition coefficient (Wildman–Crippen LogP) is 3.48. The Balaban J connectivity index is 1.57. The second kappa shape index (κ2) is 8.67. The number of carbonyl (C=O) groups excluding carboxylic acids is 2. The van der Waals surface area contributed by atoms with E-state index in [-0.39, 0.29) is 17.9 Å². The second-order valence-corrected chi connectivity index (χ2v) is 7.76. The van der Waals surface area contributed by atoms with E-state index in [1.165, 1.54) is 6.42 Å². The first kappa shape index (κ1) is 18.9. The first-order chi connectivity index (χ1) is 12.5. The number of morpholine rings is 1. The third-order valence-corrected chi connectivity index (χ3v) is 5.23. The maximum absolute atomic E-state index is 12.8. The Bertz CT molecular complexity index is 627. The van der Waals surface area contributed by atoms with Gasteiger partial charge < -0.3 is 14.5 Å². The minimum Gasteiger partial charge on any atom is -0.375 e. The summed E-state index contributed by atoms with van der Waals surface area (Å²) in [6, 6.07) is 7.45. The number of ether oxygens (including phenoxy) is 1. The van der Waals surface area contributed by atoms with Crippen molar-refractivity contribution in [3.63, 3.8) is 0 Å². The number of carbonyl (C=O) groups is 2. The van der Waals surface area contributed by atoms with Gasteiger partial charge in [0.05, 0.1) is 12.7 Å². The lowest BCUT2D eigenvalue weighted by Crippen LogP contribution is -2.45. The summed E-state index contributed by atoms with van der Waals surface area (Å²) in [5.74, 6) is 0.931. The van der Waals surface area contributed by atoms with Crippen molar-refractivity contribution in [1.82, 2.24) is 4.90 Å². The van der Waals surface area contributed by atoms with Crippen LogP contribution in [-0.2, 0) is 9.53 Å². The van der Waals surface area contributed by atoms with Crippen LogP contribution < -0.4 is 4.90 Å². The number of amides is 2. The summed E-state index contributed by atoms with van der Waals surface area (Å²) in [6.45, 7) is 7.16. The second-order valence-electron chi connectivity index (χ2n) is 7.76. The zero-order valence-electron chi connectivity index (χ0n) is 15.9. The maximum Gasteiger partial charge on any atom is 0.254 e. The van der Waals surface area contributed by atoms with Crippen molar-refractivity contribution in [3.8, 4) is 0 Å². The van der Waals surface area contributed by atoms with E-state index >= 15 is 0 Å². The third kappa shape index (κ3) is 4.64. The highest BCUT2D eigenvalue weighted by Crippen LogP contribution is 2.23. The molecule has 142 valence electrons. The highest BCUT2D eigenvalue weighted by molar-refractivity contribution is 5.97. The molecule has 2 heterocycles. The molecule has 5 heteroatoms. The van der Waals surface area contributed by atoms with Gasteiger partial charge >= 0.3 is 0 Å².